The summed E-state index contributed by atoms with van der Waals surface area (Å²) >= 11 is 0. The molecule has 0 amide bonds. The van der Waals surface area contributed by atoms with E-state index >= 15 is 0 Å². The topological polar surface area (TPSA) is 104 Å². The smallest absolute Gasteiger partial charge is 0.328 e. The van der Waals surface area contributed by atoms with Crippen molar-refractivity contribution in [3.8, 4) is 17.2 Å². The number of aryl methyl sites for hydroxylation is 1. The predicted octanol–water partition coefficient (Wildman–Crippen LogP) is 6.31. The molecule has 3 rings (SSSR count). The molecule has 2 aromatic carbocycles. The molecule has 196 valence electrons. The highest BCUT2D eigenvalue weighted by Gasteiger charge is 2.07. The van der Waals surface area contributed by atoms with Crippen LogP contribution < -0.4 is 19.9 Å². The van der Waals surface area contributed by atoms with Crippen LogP contribution >= 0.6 is 0 Å². The minimum absolute atomic E-state index is 0.232. The maximum Gasteiger partial charge on any atom is 0.328 e. The summed E-state index contributed by atoms with van der Waals surface area (Å²) < 4.78 is 16.9. The van der Waals surface area contributed by atoms with Crippen LogP contribution in [0.5, 0.6) is 17.2 Å². The molecule has 7 heteroatoms. The average molecular weight is 505 g/mol. The number of carboxylic acid groups (broad SMARTS) is 1. The van der Waals surface area contributed by atoms with Gasteiger partial charge in [0.15, 0.2) is 0 Å². The van der Waals surface area contributed by atoms with Gasteiger partial charge in [-0.1, -0.05) is 43.9 Å². The molecule has 0 unspecified atom stereocenters. The zero-order valence-electron chi connectivity index (χ0n) is 21.4. The maximum absolute atomic E-state index is 11.0. The number of aliphatic carboxylic acids is 1. The van der Waals surface area contributed by atoms with Crippen molar-refractivity contribution in [3.63, 3.8) is 0 Å². The highest BCUT2D eigenvalue weighted by molar-refractivity contribution is 5.85. The standard InChI is InChI=1S/C30H36N2O5/c1-35-26-15-12-23(13-16-26)9-6-4-2-3-5-7-20-36-29-18-14-25(32-28(29)17-19-30(33)34)22-37-27-11-8-10-24(31)21-27/h8,10-19,21H,2-7,9,20,22,31H2,1H3,(H,33,34)/b19-17+. The Labute approximate surface area is 218 Å². The van der Waals surface area contributed by atoms with Gasteiger partial charge in [-0.3, -0.25) is 0 Å². The Balaban J connectivity index is 1.38. The van der Waals surface area contributed by atoms with Crippen LogP contribution in [0.15, 0.2) is 66.7 Å². The number of aromatic nitrogens is 1. The minimum atomic E-state index is -1.04. The van der Waals surface area contributed by atoms with Crippen LogP contribution in [0.3, 0.4) is 0 Å². The normalized spacial score (nSPS) is 10.9. The third-order valence-electron chi connectivity index (χ3n) is 5.85. The van der Waals surface area contributed by atoms with Crippen molar-refractivity contribution in [3.05, 3.63) is 83.7 Å². The van der Waals surface area contributed by atoms with E-state index in [1.54, 1.807) is 19.2 Å². The van der Waals surface area contributed by atoms with Gasteiger partial charge in [0.1, 0.15) is 29.5 Å². The number of nitrogens with two attached hydrogens (primary N) is 1. The molecule has 0 aliphatic carbocycles. The van der Waals surface area contributed by atoms with Crippen LogP contribution in [-0.4, -0.2) is 29.8 Å². The molecule has 37 heavy (non-hydrogen) atoms. The summed E-state index contributed by atoms with van der Waals surface area (Å²) in [5, 5.41) is 9.04. The zero-order valence-corrected chi connectivity index (χ0v) is 21.4. The lowest BCUT2D eigenvalue weighted by atomic mass is 10.0. The summed E-state index contributed by atoms with van der Waals surface area (Å²) in [6, 6.07) is 19.1. The summed E-state index contributed by atoms with van der Waals surface area (Å²) in [6.07, 6.45) is 10.4. The van der Waals surface area contributed by atoms with E-state index in [0.717, 1.165) is 37.5 Å². The van der Waals surface area contributed by atoms with Crippen molar-refractivity contribution in [2.24, 2.45) is 0 Å². The van der Waals surface area contributed by atoms with Gasteiger partial charge in [-0.05, 0) is 67.3 Å². The van der Waals surface area contributed by atoms with Gasteiger partial charge in [0.2, 0.25) is 0 Å². The van der Waals surface area contributed by atoms with Crippen LogP contribution in [0.2, 0.25) is 0 Å². The number of hydrogen-bond donors (Lipinski definition) is 2. The number of carboxylic acids is 1. The molecule has 0 saturated heterocycles. The van der Waals surface area contributed by atoms with Crippen molar-refractivity contribution in [1.29, 1.82) is 0 Å². The van der Waals surface area contributed by atoms with E-state index in [2.05, 4.69) is 17.1 Å². The van der Waals surface area contributed by atoms with Gasteiger partial charge in [0, 0.05) is 17.8 Å². The average Bonchev–Trinajstić information content (AvgIpc) is 2.90. The van der Waals surface area contributed by atoms with Gasteiger partial charge < -0.3 is 25.1 Å². The number of nitrogens with zero attached hydrogens (tertiary/aromatic N) is 1. The molecule has 0 bridgehead atoms. The largest absolute Gasteiger partial charge is 0.497 e. The number of rotatable bonds is 16. The zero-order chi connectivity index (χ0) is 26.3. The van der Waals surface area contributed by atoms with Gasteiger partial charge >= 0.3 is 5.97 Å². The molecule has 3 aromatic rings. The van der Waals surface area contributed by atoms with Crippen LogP contribution in [0, 0.1) is 0 Å². The molecule has 0 radical (unpaired) electrons. The van der Waals surface area contributed by atoms with Crippen molar-refractivity contribution in [2.45, 2.75) is 51.6 Å². The van der Waals surface area contributed by atoms with Gasteiger partial charge in [-0.25, -0.2) is 9.78 Å². The fourth-order valence-electron chi connectivity index (χ4n) is 3.85. The first-order chi connectivity index (χ1) is 18.0. The number of methoxy groups -OCH3 is 1. The molecule has 0 atom stereocenters. The second-order valence-corrected chi connectivity index (χ2v) is 8.79. The summed E-state index contributed by atoms with van der Waals surface area (Å²) in [5.41, 5.74) is 8.88. The van der Waals surface area contributed by atoms with Crippen molar-refractivity contribution < 1.29 is 24.1 Å². The molecule has 1 heterocycles. The number of nitrogen functional groups attached to an aromatic ring is 1. The number of benzene rings is 2. The summed E-state index contributed by atoms with van der Waals surface area (Å²) in [4.78, 5) is 15.6. The predicted molar refractivity (Wildman–Crippen MR) is 146 cm³/mol. The van der Waals surface area contributed by atoms with E-state index in [1.807, 2.05) is 36.4 Å². The molecule has 0 saturated carbocycles. The Bertz CT molecular complexity index is 1140. The van der Waals surface area contributed by atoms with Crippen molar-refractivity contribution >= 4 is 17.7 Å². The van der Waals surface area contributed by atoms with E-state index in [4.69, 9.17) is 25.1 Å². The van der Waals surface area contributed by atoms with Gasteiger partial charge in [0.05, 0.1) is 19.4 Å². The van der Waals surface area contributed by atoms with Crippen LogP contribution in [0.4, 0.5) is 5.69 Å². The number of anilines is 1. The monoisotopic (exact) mass is 504 g/mol. The Morgan fingerprint density at radius 2 is 1.68 bits per heavy atom. The summed E-state index contributed by atoms with van der Waals surface area (Å²) in [5.74, 6) is 1.06. The fourth-order valence-corrected chi connectivity index (χ4v) is 3.85. The van der Waals surface area contributed by atoms with E-state index in [0.29, 0.717) is 35.2 Å². The molecule has 0 aliphatic heterocycles. The summed E-state index contributed by atoms with van der Waals surface area (Å²) in [7, 11) is 1.68. The van der Waals surface area contributed by atoms with Crippen molar-refractivity contribution in [2.75, 3.05) is 19.5 Å². The van der Waals surface area contributed by atoms with Gasteiger partial charge in [-0.2, -0.15) is 0 Å². The molecule has 3 N–H and O–H groups in total. The molecular formula is C30H36N2O5. The maximum atomic E-state index is 11.0. The second kappa shape index (κ2) is 15.2. The Kier molecular flexibility index (Phi) is 11.3. The lowest BCUT2D eigenvalue weighted by Gasteiger charge is -2.11. The molecule has 7 nitrogen and oxygen atoms in total. The highest BCUT2D eigenvalue weighted by Crippen LogP contribution is 2.21. The van der Waals surface area contributed by atoms with E-state index in [9.17, 15) is 4.79 Å². The quantitative estimate of drug-likeness (QED) is 0.134. The SMILES string of the molecule is COc1ccc(CCCCCCCCOc2ccc(COc3cccc(N)c3)nc2/C=C/C(=O)O)cc1. The van der Waals surface area contributed by atoms with E-state index < -0.39 is 5.97 Å². The first-order valence-electron chi connectivity index (χ1n) is 12.7. The fraction of sp³-hybridized carbons (Fsp3) is 0.333. The Morgan fingerprint density at radius 3 is 2.41 bits per heavy atom. The molecule has 0 aliphatic rings. The Hall–Kier alpha value is -4.00. The number of ether oxygens (including phenoxy) is 3. The summed E-state index contributed by atoms with van der Waals surface area (Å²) in [6.45, 7) is 0.788. The Morgan fingerprint density at radius 1 is 0.919 bits per heavy atom. The van der Waals surface area contributed by atoms with Crippen LogP contribution in [-0.2, 0) is 17.8 Å². The molecule has 0 fully saturated rings. The molecule has 0 spiro atoms. The highest BCUT2D eigenvalue weighted by atomic mass is 16.5. The van der Waals surface area contributed by atoms with E-state index in [-0.39, 0.29) is 6.61 Å². The first kappa shape index (κ1) is 27.6. The third kappa shape index (κ3) is 10.3. The molecule has 1 aromatic heterocycles. The first-order valence-corrected chi connectivity index (χ1v) is 12.7. The van der Waals surface area contributed by atoms with Crippen LogP contribution in [0.1, 0.15) is 55.5 Å². The van der Waals surface area contributed by atoms with Crippen LogP contribution in [0.25, 0.3) is 6.08 Å². The molecular weight excluding hydrogens is 468 g/mol. The lowest BCUT2D eigenvalue weighted by Crippen LogP contribution is -2.04. The lowest BCUT2D eigenvalue weighted by molar-refractivity contribution is -0.131. The second-order valence-electron chi connectivity index (χ2n) is 8.79. The van der Waals surface area contributed by atoms with Crippen molar-refractivity contribution in [1.82, 2.24) is 4.98 Å². The number of pyridine rings is 1. The van der Waals surface area contributed by atoms with E-state index in [1.165, 1.54) is 30.9 Å². The number of carbonyl (C=O) groups is 1. The van der Waals surface area contributed by atoms with Gasteiger partial charge in [0.25, 0.3) is 0 Å². The van der Waals surface area contributed by atoms with Gasteiger partial charge in [-0.15, -0.1) is 0 Å². The number of unbranched alkanes of at least 4 members (excludes halogenated alkanes) is 5. The minimum Gasteiger partial charge on any atom is -0.497 e. The number of hydrogen-bond acceptors (Lipinski definition) is 6. The third-order valence-corrected chi connectivity index (χ3v) is 5.85.